The summed E-state index contributed by atoms with van der Waals surface area (Å²) < 4.78 is 0. The molecule has 0 saturated heterocycles. The standard InChI is InChI=1S/C20H19N3O/c1-14-5-2-3-6-16(14)20(24)23-11-8-15(9-12-23)17-13-22-18-7-4-10-21-19(17)18/h2-8,10,13,22H,9,11-12H2,1H3. The van der Waals surface area contributed by atoms with Gasteiger partial charge in [-0.1, -0.05) is 24.3 Å². The van der Waals surface area contributed by atoms with Crippen LogP contribution in [0.3, 0.4) is 0 Å². The van der Waals surface area contributed by atoms with Crippen LogP contribution in [0.25, 0.3) is 16.6 Å². The largest absolute Gasteiger partial charge is 0.359 e. The highest BCUT2D eigenvalue weighted by Gasteiger charge is 2.21. The van der Waals surface area contributed by atoms with Crippen LogP contribution in [0.1, 0.15) is 27.9 Å². The minimum atomic E-state index is 0.112. The predicted octanol–water partition coefficient (Wildman–Crippen LogP) is 3.80. The van der Waals surface area contributed by atoms with E-state index in [1.165, 1.54) is 5.57 Å². The second kappa shape index (κ2) is 5.96. The number of carbonyl (C=O) groups excluding carboxylic acids is 1. The van der Waals surface area contributed by atoms with Gasteiger partial charge in [0.25, 0.3) is 5.91 Å². The number of aromatic nitrogens is 2. The van der Waals surface area contributed by atoms with Crippen LogP contribution < -0.4 is 0 Å². The van der Waals surface area contributed by atoms with Gasteiger partial charge in [0.15, 0.2) is 0 Å². The minimum absolute atomic E-state index is 0.112. The molecule has 1 aliphatic rings. The lowest BCUT2D eigenvalue weighted by molar-refractivity contribution is 0.0772. The van der Waals surface area contributed by atoms with E-state index in [9.17, 15) is 4.79 Å². The second-order valence-corrected chi connectivity index (χ2v) is 6.15. The molecule has 1 aliphatic heterocycles. The fraction of sp³-hybridized carbons (Fsp3) is 0.200. The van der Waals surface area contributed by atoms with E-state index in [1.807, 2.05) is 60.6 Å². The summed E-state index contributed by atoms with van der Waals surface area (Å²) >= 11 is 0. The van der Waals surface area contributed by atoms with Gasteiger partial charge in [-0.3, -0.25) is 9.78 Å². The average Bonchev–Trinajstić information content (AvgIpc) is 3.06. The molecule has 0 fully saturated rings. The Hall–Kier alpha value is -2.88. The second-order valence-electron chi connectivity index (χ2n) is 6.15. The van der Waals surface area contributed by atoms with Crippen molar-refractivity contribution in [2.24, 2.45) is 0 Å². The number of hydrogen-bond donors (Lipinski definition) is 1. The molecule has 3 heterocycles. The molecule has 1 N–H and O–H groups in total. The number of H-pyrrole nitrogens is 1. The van der Waals surface area contributed by atoms with Gasteiger partial charge in [0, 0.05) is 36.6 Å². The predicted molar refractivity (Wildman–Crippen MR) is 95.8 cm³/mol. The summed E-state index contributed by atoms with van der Waals surface area (Å²) in [6, 6.07) is 11.7. The van der Waals surface area contributed by atoms with Crippen molar-refractivity contribution in [1.82, 2.24) is 14.9 Å². The zero-order valence-corrected chi connectivity index (χ0v) is 13.6. The molecule has 0 unspecified atom stereocenters. The van der Waals surface area contributed by atoms with Gasteiger partial charge in [0.2, 0.25) is 0 Å². The van der Waals surface area contributed by atoms with Crippen molar-refractivity contribution in [3.05, 3.63) is 71.6 Å². The van der Waals surface area contributed by atoms with Crippen molar-refractivity contribution < 1.29 is 4.79 Å². The molecule has 0 aliphatic carbocycles. The number of nitrogens with zero attached hydrogens (tertiary/aromatic N) is 2. The lowest BCUT2D eigenvalue weighted by Crippen LogP contribution is -2.35. The van der Waals surface area contributed by atoms with E-state index in [4.69, 9.17) is 0 Å². The molecule has 24 heavy (non-hydrogen) atoms. The topological polar surface area (TPSA) is 49.0 Å². The maximum Gasteiger partial charge on any atom is 0.254 e. The van der Waals surface area contributed by atoms with Gasteiger partial charge >= 0.3 is 0 Å². The summed E-state index contributed by atoms with van der Waals surface area (Å²) in [5, 5.41) is 0. The van der Waals surface area contributed by atoms with Crippen LogP contribution in [0, 0.1) is 6.92 Å². The maximum atomic E-state index is 12.7. The molecular formula is C20H19N3O. The van der Waals surface area contributed by atoms with Crippen LogP contribution in [-0.2, 0) is 0 Å². The van der Waals surface area contributed by atoms with Crippen LogP contribution >= 0.6 is 0 Å². The van der Waals surface area contributed by atoms with Crippen molar-refractivity contribution in [2.45, 2.75) is 13.3 Å². The van der Waals surface area contributed by atoms with E-state index in [1.54, 1.807) is 0 Å². The van der Waals surface area contributed by atoms with Crippen LogP contribution in [0.15, 0.2) is 54.9 Å². The van der Waals surface area contributed by atoms with Gasteiger partial charge in [-0.25, -0.2) is 0 Å². The van der Waals surface area contributed by atoms with Gasteiger partial charge in [0.1, 0.15) is 0 Å². The monoisotopic (exact) mass is 317 g/mol. The van der Waals surface area contributed by atoms with Gasteiger partial charge in [-0.2, -0.15) is 0 Å². The van der Waals surface area contributed by atoms with Crippen molar-refractivity contribution >= 4 is 22.5 Å². The average molecular weight is 317 g/mol. The number of aryl methyl sites for hydroxylation is 1. The number of nitrogens with one attached hydrogen (secondary N) is 1. The first kappa shape index (κ1) is 14.7. The van der Waals surface area contributed by atoms with Crippen LogP contribution in [0.5, 0.6) is 0 Å². The third-order valence-corrected chi connectivity index (χ3v) is 4.65. The Balaban J connectivity index is 1.57. The Morgan fingerprint density at radius 3 is 2.88 bits per heavy atom. The molecule has 0 radical (unpaired) electrons. The Bertz CT molecular complexity index is 939. The van der Waals surface area contributed by atoms with E-state index in [0.717, 1.165) is 40.7 Å². The summed E-state index contributed by atoms with van der Waals surface area (Å²) in [4.78, 5) is 22.4. The molecule has 0 bridgehead atoms. The summed E-state index contributed by atoms with van der Waals surface area (Å²) in [6.07, 6.45) is 6.83. The van der Waals surface area contributed by atoms with Gasteiger partial charge < -0.3 is 9.88 Å². The van der Waals surface area contributed by atoms with Crippen LogP contribution in [0.4, 0.5) is 0 Å². The van der Waals surface area contributed by atoms with E-state index in [0.29, 0.717) is 6.54 Å². The Morgan fingerprint density at radius 1 is 1.21 bits per heavy atom. The van der Waals surface area contributed by atoms with E-state index < -0.39 is 0 Å². The highest BCUT2D eigenvalue weighted by molar-refractivity contribution is 5.96. The van der Waals surface area contributed by atoms with Crippen molar-refractivity contribution in [3.8, 4) is 0 Å². The number of aromatic amines is 1. The minimum Gasteiger partial charge on any atom is -0.359 e. The fourth-order valence-corrected chi connectivity index (χ4v) is 3.28. The normalized spacial score (nSPS) is 14.7. The van der Waals surface area contributed by atoms with Gasteiger partial charge in [-0.05, 0) is 42.7 Å². The smallest absolute Gasteiger partial charge is 0.254 e. The fourth-order valence-electron chi connectivity index (χ4n) is 3.28. The van der Waals surface area contributed by atoms with Gasteiger partial charge in [0.05, 0.1) is 11.0 Å². The molecule has 3 aromatic rings. The van der Waals surface area contributed by atoms with Crippen LogP contribution in [-0.4, -0.2) is 33.9 Å². The molecule has 0 saturated carbocycles. The molecule has 2 aromatic heterocycles. The zero-order chi connectivity index (χ0) is 16.5. The van der Waals surface area contributed by atoms with Crippen molar-refractivity contribution in [1.29, 1.82) is 0 Å². The molecule has 0 spiro atoms. The first-order chi connectivity index (χ1) is 11.7. The third-order valence-electron chi connectivity index (χ3n) is 4.65. The zero-order valence-electron chi connectivity index (χ0n) is 13.6. The summed E-state index contributed by atoms with van der Waals surface area (Å²) in [7, 11) is 0. The summed E-state index contributed by atoms with van der Waals surface area (Å²) in [6.45, 7) is 3.36. The first-order valence-electron chi connectivity index (χ1n) is 8.20. The summed E-state index contributed by atoms with van der Waals surface area (Å²) in [5.41, 5.74) is 6.28. The number of hydrogen-bond acceptors (Lipinski definition) is 2. The number of fused-ring (bicyclic) bond motifs is 1. The van der Waals surface area contributed by atoms with Crippen molar-refractivity contribution in [2.75, 3.05) is 13.1 Å². The third kappa shape index (κ3) is 2.50. The number of rotatable bonds is 2. The lowest BCUT2D eigenvalue weighted by Gasteiger charge is -2.27. The first-order valence-corrected chi connectivity index (χ1v) is 8.20. The quantitative estimate of drug-likeness (QED) is 0.781. The number of pyridine rings is 1. The SMILES string of the molecule is Cc1ccccc1C(=O)N1CC=C(c2c[nH]c3cccnc23)CC1. The highest BCUT2D eigenvalue weighted by Crippen LogP contribution is 2.28. The maximum absolute atomic E-state index is 12.7. The van der Waals surface area contributed by atoms with E-state index in [2.05, 4.69) is 16.0 Å². The molecule has 1 aromatic carbocycles. The molecule has 4 heteroatoms. The van der Waals surface area contributed by atoms with Crippen LogP contribution in [0.2, 0.25) is 0 Å². The Labute approximate surface area is 140 Å². The van der Waals surface area contributed by atoms with Crippen molar-refractivity contribution in [3.63, 3.8) is 0 Å². The Kier molecular flexibility index (Phi) is 3.65. The van der Waals surface area contributed by atoms with E-state index >= 15 is 0 Å². The number of benzene rings is 1. The molecule has 4 nitrogen and oxygen atoms in total. The molecule has 120 valence electrons. The van der Waals surface area contributed by atoms with E-state index in [-0.39, 0.29) is 5.91 Å². The molecular weight excluding hydrogens is 298 g/mol. The highest BCUT2D eigenvalue weighted by atomic mass is 16.2. The molecule has 0 atom stereocenters. The number of amides is 1. The number of carbonyl (C=O) groups is 1. The summed E-state index contributed by atoms with van der Waals surface area (Å²) in [5.74, 6) is 0.112. The molecule has 4 rings (SSSR count). The van der Waals surface area contributed by atoms with Gasteiger partial charge in [-0.15, -0.1) is 0 Å². The Morgan fingerprint density at radius 2 is 2.08 bits per heavy atom. The lowest BCUT2D eigenvalue weighted by atomic mass is 10.00. The molecule has 1 amide bonds.